The Morgan fingerprint density at radius 1 is 1.00 bits per heavy atom. The summed E-state index contributed by atoms with van der Waals surface area (Å²) in [6.07, 6.45) is 1.52. The minimum Gasteiger partial charge on any atom is -0.473 e. The molecule has 0 bridgehead atoms. The molecule has 2 N–H and O–H groups in total. The van der Waals surface area contributed by atoms with Gasteiger partial charge in [-0.25, -0.2) is 18.1 Å². The third-order valence-corrected chi connectivity index (χ3v) is 6.07. The minimum atomic E-state index is -3.47. The van der Waals surface area contributed by atoms with E-state index in [0.717, 1.165) is 11.1 Å². The van der Waals surface area contributed by atoms with Crippen molar-refractivity contribution in [3.05, 3.63) is 95.2 Å². The van der Waals surface area contributed by atoms with Crippen molar-refractivity contribution < 1.29 is 17.9 Å². The molecule has 168 valence electrons. The van der Waals surface area contributed by atoms with E-state index in [0.29, 0.717) is 23.6 Å². The predicted octanol–water partition coefficient (Wildman–Crippen LogP) is 3.42. The van der Waals surface area contributed by atoms with Gasteiger partial charge in [0.05, 0.1) is 5.75 Å². The Labute approximate surface area is 188 Å². The number of amides is 1. The first-order valence-electron chi connectivity index (χ1n) is 10.3. The van der Waals surface area contributed by atoms with Crippen LogP contribution < -0.4 is 14.8 Å². The van der Waals surface area contributed by atoms with E-state index < -0.39 is 10.0 Å². The van der Waals surface area contributed by atoms with E-state index in [-0.39, 0.29) is 24.2 Å². The third-order valence-electron chi connectivity index (χ3n) is 4.55. The van der Waals surface area contributed by atoms with Gasteiger partial charge in [-0.05, 0) is 36.6 Å². The molecule has 32 heavy (non-hydrogen) atoms. The topological polar surface area (TPSA) is 97.4 Å². The Morgan fingerprint density at radius 3 is 2.41 bits per heavy atom. The Balaban J connectivity index is 1.62. The van der Waals surface area contributed by atoms with Gasteiger partial charge in [-0.3, -0.25) is 4.79 Å². The molecular formula is C24H27N3O4S. The van der Waals surface area contributed by atoms with Crippen LogP contribution in [0, 0.1) is 0 Å². The molecule has 2 aromatic carbocycles. The number of benzene rings is 2. The highest BCUT2D eigenvalue weighted by atomic mass is 32.2. The van der Waals surface area contributed by atoms with Gasteiger partial charge < -0.3 is 10.1 Å². The molecule has 3 rings (SSSR count). The number of carbonyl (C=O) groups excluding carboxylic acids is 1. The monoisotopic (exact) mass is 453 g/mol. The van der Waals surface area contributed by atoms with E-state index in [1.165, 1.54) is 6.20 Å². The second-order valence-corrected chi connectivity index (χ2v) is 9.39. The van der Waals surface area contributed by atoms with Gasteiger partial charge in [-0.1, -0.05) is 54.6 Å². The van der Waals surface area contributed by atoms with Gasteiger partial charge in [0.25, 0.3) is 5.91 Å². The van der Waals surface area contributed by atoms with Gasteiger partial charge in [0.2, 0.25) is 15.9 Å². The molecule has 0 radical (unpaired) electrons. The number of nitrogens with one attached hydrogen (secondary N) is 2. The Kier molecular flexibility index (Phi) is 7.97. The molecule has 1 amide bonds. The SMILES string of the molecule is CC(C)NS(=O)(=O)Cc1ccccc1CNC(=O)c1ccnc(OCc2ccccc2)c1. The number of pyridine rings is 1. The maximum Gasteiger partial charge on any atom is 0.251 e. The summed E-state index contributed by atoms with van der Waals surface area (Å²) < 4.78 is 32.9. The molecule has 1 heterocycles. The summed E-state index contributed by atoms with van der Waals surface area (Å²) >= 11 is 0. The fraction of sp³-hybridized carbons (Fsp3) is 0.250. The molecule has 3 aromatic rings. The van der Waals surface area contributed by atoms with Crippen LogP contribution in [0.15, 0.2) is 72.9 Å². The molecule has 0 saturated heterocycles. The van der Waals surface area contributed by atoms with Crippen LogP contribution >= 0.6 is 0 Å². The van der Waals surface area contributed by atoms with Crippen molar-refractivity contribution in [2.75, 3.05) is 0 Å². The number of ether oxygens (including phenoxy) is 1. The first-order valence-corrected chi connectivity index (χ1v) is 12.0. The van der Waals surface area contributed by atoms with Crippen LogP contribution in [0.25, 0.3) is 0 Å². The lowest BCUT2D eigenvalue weighted by Gasteiger charge is -2.13. The highest BCUT2D eigenvalue weighted by Gasteiger charge is 2.16. The zero-order chi connectivity index (χ0) is 23.0. The van der Waals surface area contributed by atoms with Crippen LogP contribution in [-0.4, -0.2) is 25.4 Å². The minimum absolute atomic E-state index is 0.149. The lowest BCUT2D eigenvalue weighted by molar-refractivity contribution is 0.0950. The Bertz CT molecular complexity index is 1150. The molecule has 0 atom stereocenters. The zero-order valence-electron chi connectivity index (χ0n) is 18.1. The number of aromatic nitrogens is 1. The molecule has 8 heteroatoms. The number of nitrogens with zero attached hydrogens (tertiary/aromatic N) is 1. The average Bonchev–Trinajstić information content (AvgIpc) is 2.76. The van der Waals surface area contributed by atoms with Gasteiger partial charge in [0, 0.05) is 30.4 Å². The lowest BCUT2D eigenvalue weighted by atomic mass is 10.1. The molecule has 0 aliphatic heterocycles. The van der Waals surface area contributed by atoms with Crippen LogP contribution in [0.5, 0.6) is 5.88 Å². The molecule has 0 aliphatic carbocycles. The number of hydrogen-bond donors (Lipinski definition) is 2. The number of sulfonamides is 1. The van der Waals surface area contributed by atoms with Crippen molar-refractivity contribution in [3.8, 4) is 5.88 Å². The van der Waals surface area contributed by atoms with E-state index in [1.807, 2.05) is 42.5 Å². The van der Waals surface area contributed by atoms with E-state index in [1.54, 1.807) is 38.1 Å². The van der Waals surface area contributed by atoms with Crippen LogP contribution in [-0.2, 0) is 28.9 Å². The molecule has 0 fully saturated rings. The van der Waals surface area contributed by atoms with Crippen LogP contribution in [0.2, 0.25) is 0 Å². The van der Waals surface area contributed by atoms with E-state index >= 15 is 0 Å². The van der Waals surface area contributed by atoms with Crippen LogP contribution in [0.4, 0.5) is 0 Å². The Hall–Kier alpha value is -3.23. The first-order chi connectivity index (χ1) is 15.3. The molecule has 0 saturated carbocycles. The van der Waals surface area contributed by atoms with Gasteiger partial charge >= 0.3 is 0 Å². The van der Waals surface area contributed by atoms with Crippen molar-refractivity contribution >= 4 is 15.9 Å². The summed E-state index contributed by atoms with van der Waals surface area (Å²) in [5.74, 6) is -0.0908. The summed E-state index contributed by atoms with van der Waals surface area (Å²) in [7, 11) is -3.47. The fourth-order valence-corrected chi connectivity index (χ4v) is 4.61. The van der Waals surface area contributed by atoms with Crippen LogP contribution in [0.1, 0.15) is 40.9 Å². The summed E-state index contributed by atoms with van der Waals surface area (Å²) in [4.78, 5) is 16.8. The molecular weight excluding hydrogens is 426 g/mol. The van der Waals surface area contributed by atoms with E-state index in [9.17, 15) is 13.2 Å². The van der Waals surface area contributed by atoms with Gasteiger partial charge in [0.15, 0.2) is 0 Å². The van der Waals surface area contributed by atoms with Crippen molar-refractivity contribution in [2.45, 2.75) is 38.8 Å². The predicted molar refractivity (Wildman–Crippen MR) is 124 cm³/mol. The lowest BCUT2D eigenvalue weighted by Crippen LogP contribution is -2.32. The zero-order valence-corrected chi connectivity index (χ0v) is 18.9. The third kappa shape index (κ3) is 7.18. The van der Waals surface area contributed by atoms with Crippen LogP contribution in [0.3, 0.4) is 0 Å². The second kappa shape index (κ2) is 10.9. The number of carbonyl (C=O) groups is 1. The summed E-state index contributed by atoms with van der Waals surface area (Å²) in [6, 6.07) is 19.9. The molecule has 0 spiro atoms. The number of hydrogen-bond acceptors (Lipinski definition) is 5. The second-order valence-electron chi connectivity index (χ2n) is 7.64. The summed E-state index contributed by atoms with van der Waals surface area (Å²) in [6.45, 7) is 4.10. The first kappa shape index (κ1) is 23.4. The largest absolute Gasteiger partial charge is 0.473 e. The quantitative estimate of drug-likeness (QED) is 0.490. The van der Waals surface area contributed by atoms with E-state index in [2.05, 4.69) is 15.0 Å². The van der Waals surface area contributed by atoms with E-state index in [4.69, 9.17) is 4.74 Å². The molecule has 1 aromatic heterocycles. The molecule has 0 unspecified atom stereocenters. The standard InChI is InChI=1S/C24H27N3O4S/c1-18(2)27-32(29,30)17-22-11-7-6-10-21(22)15-26-24(28)20-12-13-25-23(14-20)31-16-19-8-4-3-5-9-19/h3-14,18,27H,15-17H2,1-2H3,(H,26,28). The van der Waals surface area contributed by atoms with Crippen molar-refractivity contribution in [1.29, 1.82) is 0 Å². The van der Waals surface area contributed by atoms with Crippen molar-refractivity contribution in [3.63, 3.8) is 0 Å². The maximum absolute atomic E-state index is 12.7. The average molecular weight is 454 g/mol. The highest BCUT2D eigenvalue weighted by molar-refractivity contribution is 7.88. The summed E-state index contributed by atoms with van der Waals surface area (Å²) in [5, 5.41) is 2.85. The molecule has 7 nitrogen and oxygen atoms in total. The van der Waals surface area contributed by atoms with Gasteiger partial charge in [-0.15, -0.1) is 0 Å². The maximum atomic E-state index is 12.7. The Morgan fingerprint density at radius 2 is 1.69 bits per heavy atom. The van der Waals surface area contributed by atoms with Gasteiger partial charge in [-0.2, -0.15) is 0 Å². The normalized spacial score (nSPS) is 11.3. The van der Waals surface area contributed by atoms with Crippen molar-refractivity contribution in [1.82, 2.24) is 15.0 Å². The smallest absolute Gasteiger partial charge is 0.251 e. The highest BCUT2D eigenvalue weighted by Crippen LogP contribution is 2.15. The summed E-state index contributed by atoms with van der Waals surface area (Å²) in [5.41, 5.74) is 2.80. The number of rotatable bonds is 10. The van der Waals surface area contributed by atoms with Crippen molar-refractivity contribution in [2.24, 2.45) is 0 Å². The fourth-order valence-electron chi connectivity index (χ4n) is 3.11. The molecule has 0 aliphatic rings. The van der Waals surface area contributed by atoms with Gasteiger partial charge in [0.1, 0.15) is 6.61 Å².